The van der Waals surface area contributed by atoms with Crippen LogP contribution in [0.1, 0.15) is 11.6 Å². The standard InChI is InChI=1S/C14H12BrClFNO/c15-11-7-6-10(14(17)13(11)16)12(18)8-19-9-4-2-1-3-5-9/h1-7,12H,8,18H2. The normalized spacial score (nSPS) is 12.2. The van der Waals surface area contributed by atoms with E-state index in [2.05, 4.69) is 15.9 Å². The van der Waals surface area contributed by atoms with E-state index in [1.54, 1.807) is 12.1 Å². The average molecular weight is 345 g/mol. The van der Waals surface area contributed by atoms with Crippen LogP contribution in [0.15, 0.2) is 46.9 Å². The van der Waals surface area contributed by atoms with Crippen LogP contribution in [-0.2, 0) is 0 Å². The Labute approximate surface area is 124 Å². The van der Waals surface area contributed by atoms with Crippen molar-refractivity contribution in [2.24, 2.45) is 5.73 Å². The Kier molecular flexibility index (Phi) is 4.80. The Morgan fingerprint density at radius 3 is 2.58 bits per heavy atom. The summed E-state index contributed by atoms with van der Waals surface area (Å²) in [5.41, 5.74) is 6.26. The summed E-state index contributed by atoms with van der Waals surface area (Å²) < 4.78 is 19.9. The molecular formula is C14H12BrClFNO. The molecule has 0 aliphatic rings. The average Bonchev–Trinajstić information content (AvgIpc) is 2.43. The van der Waals surface area contributed by atoms with Crippen LogP contribution in [0.5, 0.6) is 5.75 Å². The van der Waals surface area contributed by atoms with Gasteiger partial charge in [-0.05, 0) is 34.1 Å². The predicted molar refractivity (Wildman–Crippen MR) is 78.0 cm³/mol. The van der Waals surface area contributed by atoms with Crippen LogP contribution in [0.25, 0.3) is 0 Å². The molecule has 0 aliphatic heterocycles. The predicted octanol–water partition coefficient (Wildman–Crippen LogP) is 4.32. The first-order chi connectivity index (χ1) is 9.09. The van der Waals surface area contributed by atoms with Crippen LogP contribution < -0.4 is 10.5 Å². The van der Waals surface area contributed by atoms with Crippen LogP contribution >= 0.6 is 27.5 Å². The zero-order chi connectivity index (χ0) is 13.8. The fourth-order valence-corrected chi connectivity index (χ4v) is 2.10. The van der Waals surface area contributed by atoms with E-state index >= 15 is 0 Å². The third kappa shape index (κ3) is 3.47. The van der Waals surface area contributed by atoms with Crippen molar-refractivity contribution < 1.29 is 9.13 Å². The molecule has 19 heavy (non-hydrogen) atoms. The summed E-state index contributed by atoms with van der Waals surface area (Å²) in [5.74, 6) is 0.182. The topological polar surface area (TPSA) is 35.2 Å². The Morgan fingerprint density at radius 1 is 1.21 bits per heavy atom. The number of halogens is 3. The number of nitrogens with two attached hydrogens (primary N) is 1. The molecule has 0 heterocycles. The van der Waals surface area contributed by atoms with Crippen LogP contribution in [0.3, 0.4) is 0 Å². The molecule has 0 fully saturated rings. The summed E-state index contributed by atoms with van der Waals surface area (Å²) in [5, 5.41) is 0.0349. The lowest BCUT2D eigenvalue weighted by molar-refractivity contribution is 0.288. The summed E-state index contributed by atoms with van der Waals surface area (Å²) >= 11 is 8.99. The molecule has 0 spiro atoms. The second-order valence-electron chi connectivity index (χ2n) is 4.00. The minimum Gasteiger partial charge on any atom is -0.492 e. The maximum Gasteiger partial charge on any atom is 0.147 e. The molecule has 1 unspecified atom stereocenters. The fraction of sp³-hybridized carbons (Fsp3) is 0.143. The van der Waals surface area contributed by atoms with Gasteiger partial charge in [0.15, 0.2) is 0 Å². The second kappa shape index (κ2) is 6.37. The Bertz CT molecular complexity index is 565. The van der Waals surface area contributed by atoms with Crippen molar-refractivity contribution in [1.82, 2.24) is 0 Å². The van der Waals surface area contributed by atoms with Crippen molar-refractivity contribution in [3.05, 3.63) is 63.3 Å². The van der Waals surface area contributed by atoms with Crippen LogP contribution in [-0.4, -0.2) is 6.61 Å². The molecule has 2 aromatic rings. The lowest BCUT2D eigenvalue weighted by atomic mass is 10.1. The molecule has 0 aromatic heterocycles. The monoisotopic (exact) mass is 343 g/mol. The maximum absolute atomic E-state index is 13.9. The zero-order valence-electron chi connectivity index (χ0n) is 9.95. The van der Waals surface area contributed by atoms with Gasteiger partial charge in [-0.15, -0.1) is 0 Å². The molecule has 2 nitrogen and oxygen atoms in total. The Morgan fingerprint density at radius 2 is 1.89 bits per heavy atom. The molecule has 1 atom stereocenters. The highest BCUT2D eigenvalue weighted by Crippen LogP contribution is 2.30. The van der Waals surface area contributed by atoms with Crippen molar-refractivity contribution in [2.45, 2.75) is 6.04 Å². The van der Waals surface area contributed by atoms with Crippen molar-refractivity contribution in [1.29, 1.82) is 0 Å². The van der Waals surface area contributed by atoms with Gasteiger partial charge in [-0.1, -0.05) is 35.9 Å². The molecule has 100 valence electrons. The number of benzene rings is 2. The number of hydrogen-bond acceptors (Lipinski definition) is 2. The highest BCUT2D eigenvalue weighted by Gasteiger charge is 2.16. The van der Waals surface area contributed by atoms with Gasteiger partial charge in [0.1, 0.15) is 18.2 Å². The molecule has 0 saturated heterocycles. The van der Waals surface area contributed by atoms with E-state index in [0.717, 1.165) is 0 Å². The highest BCUT2D eigenvalue weighted by molar-refractivity contribution is 9.10. The number of rotatable bonds is 4. The first kappa shape index (κ1) is 14.3. The molecule has 2 N–H and O–H groups in total. The largest absolute Gasteiger partial charge is 0.492 e. The Hall–Kier alpha value is -1.10. The third-order valence-corrected chi connectivity index (χ3v) is 3.90. The van der Waals surface area contributed by atoms with Crippen LogP contribution in [0.4, 0.5) is 4.39 Å². The number of hydrogen-bond donors (Lipinski definition) is 1. The minimum absolute atomic E-state index is 0.0349. The van der Waals surface area contributed by atoms with Gasteiger partial charge in [0.05, 0.1) is 11.1 Å². The summed E-state index contributed by atoms with van der Waals surface area (Å²) in [6.07, 6.45) is 0. The lowest BCUT2D eigenvalue weighted by Crippen LogP contribution is -2.20. The van der Waals surface area contributed by atoms with Gasteiger partial charge >= 0.3 is 0 Å². The van der Waals surface area contributed by atoms with Gasteiger partial charge in [0, 0.05) is 10.0 Å². The van der Waals surface area contributed by atoms with Crippen molar-refractivity contribution in [3.8, 4) is 5.75 Å². The van der Waals surface area contributed by atoms with Crippen LogP contribution in [0, 0.1) is 5.82 Å². The summed E-state index contributed by atoms with van der Waals surface area (Å²) in [6, 6.07) is 11.9. The van der Waals surface area contributed by atoms with E-state index in [1.165, 1.54) is 0 Å². The fourth-order valence-electron chi connectivity index (χ4n) is 1.62. The second-order valence-corrected chi connectivity index (χ2v) is 5.23. The Balaban J connectivity index is 2.08. The molecule has 0 saturated carbocycles. The molecule has 0 amide bonds. The molecule has 2 rings (SSSR count). The van der Waals surface area contributed by atoms with Gasteiger partial charge < -0.3 is 10.5 Å². The highest BCUT2D eigenvalue weighted by atomic mass is 79.9. The molecule has 0 bridgehead atoms. The van der Waals surface area contributed by atoms with Gasteiger partial charge in [0.2, 0.25) is 0 Å². The molecule has 0 radical (unpaired) electrons. The van der Waals surface area contributed by atoms with E-state index in [-0.39, 0.29) is 11.6 Å². The number of para-hydroxylation sites is 1. The summed E-state index contributed by atoms with van der Waals surface area (Å²) in [4.78, 5) is 0. The smallest absolute Gasteiger partial charge is 0.147 e. The molecule has 5 heteroatoms. The van der Waals surface area contributed by atoms with Gasteiger partial charge in [-0.3, -0.25) is 0 Å². The zero-order valence-corrected chi connectivity index (χ0v) is 12.3. The number of ether oxygens (including phenoxy) is 1. The minimum atomic E-state index is -0.578. The maximum atomic E-state index is 13.9. The van der Waals surface area contributed by atoms with Crippen molar-refractivity contribution in [3.63, 3.8) is 0 Å². The summed E-state index contributed by atoms with van der Waals surface area (Å²) in [6.45, 7) is 0.179. The van der Waals surface area contributed by atoms with Crippen LogP contribution in [0.2, 0.25) is 5.02 Å². The van der Waals surface area contributed by atoms with Gasteiger partial charge in [-0.25, -0.2) is 4.39 Å². The quantitative estimate of drug-likeness (QED) is 0.838. The summed E-state index contributed by atoms with van der Waals surface area (Å²) in [7, 11) is 0. The van der Waals surface area contributed by atoms with E-state index in [1.807, 2.05) is 30.3 Å². The lowest BCUT2D eigenvalue weighted by Gasteiger charge is -2.15. The third-order valence-electron chi connectivity index (χ3n) is 2.64. The van der Waals surface area contributed by atoms with Gasteiger partial charge in [0.25, 0.3) is 0 Å². The van der Waals surface area contributed by atoms with Gasteiger partial charge in [-0.2, -0.15) is 0 Å². The van der Waals surface area contributed by atoms with E-state index < -0.39 is 11.9 Å². The SMILES string of the molecule is NC(COc1ccccc1)c1ccc(Br)c(Cl)c1F. The first-order valence-corrected chi connectivity index (χ1v) is 6.83. The van der Waals surface area contributed by atoms with E-state index in [4.69, 9.17) is 22.1 Å². The first-order valence-electron chi connectivity index (χ1n) is 5.66. The molecular weight excluding hydrogens is 333 g/mol. The van der Waals surface area contributed by atoms with Crippen molar-refractivity contribution >= 4 is 27.5 Å². The molecule has 0 aliphatic carbocycles. The molecule has 2 aromatic carbocycles. The van der Waals surface area contributed by atoms with E-state index in [0.29, 0.717) is 15.8 Å². The van der Waals surface area contributed by atoms with Crippen molar-refractivity contribution in [2.75, 3.05) is 6.61 Å². The van der Waals surface area contributed by atoms with E-state index in [9.17, 15) is 4.39 Å².